The van der Waals surface area contributed by atoms with Crippen molar-refractivity contribution < 1.29 is 14.2 Å². The molecule has 180 valence electrons. The van der Waals surface area contributed by atoms with Gasteiger partial charge in [0.25, 0.3) is 0 Å². The number of nitrogens with zero attached hydrogens (tertiary/aromatic N) is 3. The van der Waals surface area contributed by atoms with Crippen LogP contribution in [-0.2, 0) is 14.2 Å². The Kier molecular flexibility index (Phi) is 16.1. The summed E-state index contributed by atoms with van der Waals surface area (Å²) >= 11 is 0. The van der Waals surface area contributed by atoms with Crippen LogP contribution < -0.4 is 0 Å². The van der Waals surface area contributed by atoms with Crippen LogP contribution in [0.25, 0.3) is 0 Å². The van der Waals surface area contributed by atoms with Crippen molar-refractivity contribution in [3.05, 3.63) is 0 Å². The molecule has 2 unspecified atom stereocenters. The Morgan fingerprint density at radius 2 is 0.867 bits per heavy atom. The Morgan fingerprint density at radius 1 is 0.533 bits per heavy atom. The molecule has 0 N–H and O–H groups in total. The summed E-state index contributed by atoms with van der Waals surface area (Å²) in [6, 6.07) is 0. The van der Waals surface area contributed by atoms with Gasteiger partial charge in [0.15, 0.2) is 0 Å². The molecule has 2 atom stereocenters. The molecule has 0 heterocycles. The third kappa shape index (κ3) is 10.4. The predicted molar refractivity (Wildman–Crippen MR) is 126 cm³/mol. The van der Waals surface area contributed by atoms with E-state index in [4.69, 9.17) is 14.2 Å². The van der Waals surface area contributed by atoms with Crippen LogP contribution in [0.3, 0.4) is 0 Å². The Morgan fingerprint density at radius 3 is 1.20 bits per heavy atom. The molecule has 1 rings (SSSR count). The lowest BCUT2D eigenvalue weighted by molar-refractivity contribution is -0.161. The van der Waals surface area contributed by atoms with Crippen LogP contribution in [0.1, 0.15) is 60.8 Å². The summed E-state index contributed by atoms with van der Waals surface area (Å²) < 4.78 is 19.2. The second-order valence-corrected chi connectivity index (χ2v) is 8.17. The summed E-state index contributed by atoms with van der Waals surface area (Å²) in [4.78, 5) is 7.24. The molecule has 0 aromatic rings. The topological polar surface area (TPSA) is 37.4 Å². The van der Waals surface area contributed by atoms with E-state index in [0.29, 0.717) is 0 Å². The number of ether oxygens (including phenoxy) is 3. The molecule has 6 heteroatoms. The van der Waals surface area contributed by atoms with Crippen LogP contribution in [0, 0.1) is 0 Å². The van der Waals surface area contributed by atoms with Crippen molar-refractivity contribution in [3.63, 3.8) is 0 Å². The molecular formula is C24H51N3O3. The zero-order chi connectivity index (χ0) is 22.2. The van der Waals surface area contributed by atoms with E-state index in [2.05, 4.69) is 56.2 Å². The van der Waals surface area contributed by atoms with E-state index in [1.54, 1.807) is 0 Å². The smallest absolute Gasteiger partial charge is 0.110 e. The molecule has 1 fully saturated rings. The standard InChI is InChI=1S/C24H51N3O3/c1-7-25(8-2)16-19-28-22-14-13-15-23(29-20-17-26(9-3)10-4)24(22)30-21-18-27(11-5)12-6/h22-24H,7-21H2,1-6H3. The molecule has 0 bridgehead atoms. The van der Waals surface area contributed by atoms with Gasteiger partial charge in [-0.2, -0.15) is 0 Å². The van der Waals surface area contributed by atoms with E-state index in [-0.39, 0.29) is 18.3 Å². The van der Waals surface area contributed by atoms with Crippen molar-refractivity contribution in [3.8, 4) is 0 Å². The molecule has 0 spiro atoms. The van der Waals surface area contributed by atoms with Crippen LogP contribution in [0.4, 0.5) is 0 Å². The predicted octanol–water partition coefficient (Wildman–Crippen LogP) is 3.35. The van der Waals surface area contributed by atoms with Crippen LogP contribution in [-0.4, -0.2) is 112 Å². The maximum Gasteiger partial charge on any atom is 0.110 e. The van der Waals surface area contributed by atoms with Crippen LogP contribution >= 0.6 is 0 Å². The fraction of sp³-hybridized carbons (Fsp3) is 1.00. The minimum atomic E-state index is 0.0442. The van der Waals surface area contributed by atoms with E-state index < -0.39 is 0 Å². The van der Waals surface area contributed by atoms with Crippen molar-refractivity contribution >= 4 is 0 Å². The third-order valence-electron chi connectivity index (χ3n) is 6.59. The van der Waals surface area contributed by atoms with Gasteiger partial charge >= 0.3 is 0 Å². The maximum atomic E-state index is 6.44. The van der Waals surface area contributed by atoms with Gasteiger partial charge in [-0.25, -0.2) is 0 Å². The van der Waals surface area contributed by atoms with Gasteiger partial charge in [0.1, 0.15) is 6.10 Å². The van der Waals surface area contributed by atoms with E-state index in [1.807, 2.05) is 0 Å². The normalized spacial score (nSPS) is 22.5. The molecule has 0 saturated heterocycles. The molecule has 0 aromatic carbocycles. The van der Waals surface area contributed by atoms with E-state index in [0.717, 1.165) is 98.0 Å². The molecule has 0 radical (unpaired) electrons. The molecule has 0 amide bonds. The Balaban J connectivity index is 2.62. The summed E-state index contributed by atoms with van der Waals surface area (Å²) in [6.45, 7) is 24.9. The van der Waals surface area contributed by atoms with Crippen LogP contribution in [0.5, 0.6) is 0 Å². The Labute approximate surface area is 187 Å². The first kappa shape index (κ1) is 27.8. The average molecular weight is 430 g/mol. The quantitative estimate of drug-likeness (QED) is 0.333. The Bertz CT molecular complexity index is 362. The minimum Gasteiger partial charge on any atom is -0.374 e. The third-order valence-corrected chi connectivity index (χ3v) is 6.59. The van der Waals surface area contributed by atoms with Gasteiger partial charge in [-0.1, -0.05) is 41.5 Å². The molecule has 1 aliphatic carbocycles. The van der Waals surface area contributed by atoms with Crippen molar-refractivity contribution in [2.45, 2.75) is 79.1 Å². The van der Waals surface area contributed by atoms with E-state index in [9.17, 15) is 0 Å². The van der Waals surface area contributed by atoms with Gasteiger partial charge in [-0.3, -0.25) is 0 Å². The largest absolute Gasteiger partial charge is 0.374 e. The van der Waals surface area contributed by atoms with Gasteiger partial charge < -0.3 is 28.9 Å². The minimum absolute atomic E-state index is 0.0442. The van der Waals surface area contributed by atoms with Crippen molar-refractivity contribution in [2.24, 2.45) is 0 Å². The summed E-state index contributed by atoms with van der Waals surface area (Å²) in [5.41, 5.74) is 0. The monoisotopic (exact) mass is 429 g/mol. The first-order valence-electron chi connectivity index (χ1n) is 12.6. The van der Waals surface area contributed by atoms with Crippen molar-refractivity contribution in [2.75, 3.05) is 78.7 Å². The van der Waals surface area contributed by atoms with Crippen LogP contribution in [0.15, 0.2) is 0 Å². The zero-order valence-corrected chi connectivity index (χ0v) is 20.9. The summed E-state index contributed by atoms with van der Waals surface area (Å²) in [5.74, 6) is 0. The highest BCUT2D eigenvalue weighted by atomic mass is 16.6. The van der Waals surface area contributed by atoms with E-state index in [1.165, 1.54) is 0 Å². The van der Waals surface area contributed by atoms with Crippen molar-refractivity contribution in [1.29, 1.82) is 0 Å². The summed E-state index contributed by atoms with van der Waals surface area (Å²) in [6.07, 6.45) is 3.63. The van der Waals surface area contributed by atoms with Crippen LogP contribution in [0.2, 0.25) is 0 Å². The number of rotatable bonds is 18. The molecule has 1 aliphatic rings. The van der Waals surface area contributed by atoms with Gasteiger partial charge in [0.2, 0.25) is 0 Å². The van der Waals surface area contributed by atoms with Crippen molar-refractivity contribution in [1.82, 2.24) is 14.7 Å². The zero-order valence-electron chi connectivity index (χ0n) is 20.9. The first-order valence-corrected chi connectivity index (χ1v) is 12.6. The lowest BCUT2D eigenvalue weighted by Crippen LogP contribution is -2.48. The fourth-order valence-electron chi connectivity index (χ4n) is 4.26. The highest BCUT2D eigenvalue weighted by molar-refractivity contribution is 4.86. The first-order chi connectivity index (χ1) is 14.6. The lowest BCUT2D eigenvalue weighted by atomic mass is 9.91. The number of hydrogen-bond acceptors (Lipinski definition) is 6. The van der Waals surface area contributed by atoms with Gasteiger partial charge in [-0.05, 0) is 58.5 Å². The maximum absolute atomic E-state index is 6.44. The SMILES string of the molecule is CCN(CC)CCOC1CCCC(OCCN(CC)CC)C1OCCN(CC)CC. The molecule has 6 nitrogen and oxygen atoms in total. The lowest BCUT2D eigenvalue weighted by Gasteiger charge is -2.38. The number of hydrogen-bond donors (Lipinski definition) is 0. The highest BCUT2D eigenvalue weighted by Gasteiger charge is 2.35. The molecular weight excluding hydrogens is 378 g/mol. The Hall–Kier alpha value is -0.240. The average Bonchev–Trinajstić information content (AvgIpc) is 2.78. The van der Waals surface area contributed by atoms with E-state index >= 15 is 0 Å². The van der Waals surface area contributed by atoms with Gasteiger partial charge in [0, 0.05) is 19.6 Å². The molecule has 30 heavy (non-hydrogen) atoms. The molecule has 1 saturated carbocycles. The second-order valence-electron chi connectivity index (χ2n) is 8.17. The number of likely N-dealkylation sites (N-methyl/N-ethyl adjacent to an activating group) is 3. The fourth-order valence-corrected chi connectivity index (χ4v) is 4.26. The molecule has 0 aliphatic heterocycles. The second kappa shape index (κ2) is 17.3. The van der Waals surface area contributed by atoms with Gasteiger partial charge in [0.05, 0.1) is 32.0 Å². The van der Waals surface area contributed by atoms with Gasteiger partial charge in [-0.15, -0.1) is 0 Å². The summed E-state index contributed by atoms with van der Waals surface area (Å²) in [7, 11) is 0. The molecule has 0 aromatic heterocycles. The highest BCUT2D eigenvalue weighted by Crippen LogP contribution is 2.27. The summed E-state index contributed by atoms with van der Waals surface area (Å²) in [5, 5.41) is 0.